The van der Waals surface area contributed by atoms with Crippen LogP contribution in [0.1, 0.15) is 12.5 Å². The number of hydrogen-bond donors (Lipinski definition) is 2. The third-order valence-corrected chi connectivity index (χ3v) is 5.69. The van der Waals surface area contributed by atoms with E-state index in [2.05, 4.69) is 17.0 Å². The summed E-state index contributed by atoms with van der Waals surface area (Å²) in [5.41, 5.74) is 2.24. The van der Waals surface area contributed by atoms with E-state index in [1.165, 1.54) is 0 Å². The van der Waals surface area contributed by atoms with Crippen molar-refractivity contribution >= 4 is 44.6 Å². The number of benzene rings is 2. The van der Waals surface area contributed by atoms with Crippen LogP contribution in [0.3, 0.4) is 0 Å². The number of hydrogen-bond acceptors (Lipinski definition) is 3. The minimum absolute atomic E-state index is 0.184. The molecule has 1 heterocycles. The molecule has 1 aliphatic rings. The summed E-state index contributed by atoms with van der Waals surface area (Å²) in [6.07, 6.45) is 0.802. The van der Waals surface area contributed by atoms with E-state index in [-0.39, 0.29) is 15.6 Å². The van der Waals surface area contributed by atoms with Crippen LogP contribution in [0.5, 0.6) is 0 Å². The van der Waals surface area contributed by atoms with E-state index >= 15 is 0 Å². The van der Waals surface area contributed by atoms with Crippen LogP contribution in [-0.2, 0) is 16.4 Å². The van der Waals surface area contributed by atoms with E-state index in [0.29, 0.717) is 11.1 Å². The van der Waals surface area contributed by atoms with Crippen molar-refractivity contribution in [2.75, 3.05) is 10.0 Å². The van der Waals surface area contributed by atoms with Gasteiger partial charge in [0.2, 0.25) is 0 Å². The van der Waals surface area contributed by atoms with Crippen molar-refractivity contribution in [1.82, 2.24) is 0 Å². The van der Waals surface area contributed by atoms with Gasteiger partial charge in [-0.25, -0.2) is 8.42 Å². The zero-order chi connectivity index (χ0) is 15.9. The SMILES string of the molecule is C[C@H]1Cc2cc(S(=O)(=O)Nc3cccc(Cl)c3Cl)ccc2N1. The first-order valence-electron chi connectivity index (χ1n) is 6.73. The van der Waals surface area contributed by atoms with Gasteiger partial charge in [-0.1, -0.05) is 29.3 Å². The van der Waals surface area contributed by atoms with Crippen LogP contribution in [-0.4, -0.2) is 14.5 Å². The minimum atomic E-state index is -3.71. The Bertz CT molecular complexity index is 837. The van der Waals surface area contributed by atoms with Crippen LogP contribution in [0.15, 0.2) is 41.3 Å². The molecule has 0 fully saturated rings. The molecule has 0 unspecified atom stereocenters. The molecule has 7 heteroatoms. The third-order valence-electron chi connectivity index (χ3n) is 3.51. The molecular formula is C15H14Cl2N2O2S. The molecule has 2 aromatic rings. The average Bonchev–Trinajstić information content (AvgIpc) is 2.82. The fourth-order valence-corrected chi connectivity index (χ4v) is 4.01. The second-order valence-corrected chi connectivity index (χ2v) is 7.74. The summed E-state index contributed by atoms with van der Waals surface area (Å²) >= 11 is 11.9. The first-order valence-corrected chi connectivity index (χ1v) is 8.97. The highest BCUT2D eigenvalue weighted by Crippen LogP contribution is 2.32. The highest BCUT2D eigenvalue weighted by molar-refractivity contribution is 7.92. The van der Waals surface area contributed by atoms with Gasteiger partial charge in [0.25, 0.3) is 10.0 Å². The number of fused-ring (bicyclic) bond motifs is 1. The Morgan fingerprint density at radius 3 is 2.77 bits per heavy atom. The number of rotatable bonds is 3. The van der Waals surface area contributed by atoms with Crippen LogP contribution >= 0.6 is 23.2 Å². The molecule has 0 aliphatic carbocycles. The van der Waals surface area contributed by atoms with E-state index in [0.717, 1.165) is 17.7 Å². The number of nitrogens with one attached hydrogen (secondary N) is 2. The van der Waals surface area contributed by atoms with Crippen LogP contribution < -0.4 is 10.0 Å². The first-order chi connectivity index (χ1) is 10.4. The zero-order valence-corrected chi connectivity index (χ0v) is 14.1. The van der Waals surface area contributed by atoms with E-state index in [1.807, 2.05) is 0 Å². The van der Waals surface area contributed by atoms with Gasteiger partial charge >= 0.3 is 0 Å². The lowest BCUT2D eigenvalue weighted by atomic mass is 10.1. The molecule has 1 aliphatic heterocycles. The summed E-state index contributed by atoms with van der Waals surface area (Å²) in [6, 6.07) is 10.2. The van der Waals surface area contributed by atoms with Gasteiger partial charge in [-0.15, -0.1) is 0 Å². The maximum Gasteiger partial charge on any atom is 0.261 e. The Morgan fingerprint density at radius 1 is 1.23 bits per heavy atom. The maximum absolute atomic E-state index is 12.5. The molecule has 2 aromatic carbocycles. The van der Waals surface area contributed by atoms with Crippen LogP contribution in [0, 0.1) is 0 Å². The van der Waals surface area contributed by atoms with Gasteiger partial charge < -0.3 is 5.32 Å². The summed E-state index contributed by atoms with van der Waals surface area (Å²) < 4.78 is 27.5. The zero-order valence-electron chi connectivity index (χ0n) is 11.7. The van der Waals surface area contributed by atoms with E-state index in [1.54, 1.807) is 36.4 Å². The molecule has 22 heavy (non-hydrogen) atoms. The van der Waals surface area contributed by atoms with E-state index in [4.69, 9.17) is 23.2 Å². The third kappa shape index (κ3) is 2.89. The summed E-state index contributed by atoms with van der Waals surface area (Å²) in [6.45, 7) is 2.05. The normalized spacial score (nSPS) is 17.0. The molecule has 0 radical (unpaired) electrons. The smallest absolute Gasteiger partial charge is 0.261 e. The van der Waals surface area contributed by atoms with Gasteiger partial charge in [0.1, 0.15) is 0 Å². The lowest BCUT2D eigenvalue weighted by Crippen LogP contribution is -2.13. The van der Waals surface area contributed by atoms with E-state index < -0.39 is 10.0 Å². The molecule has 116 valence electrons. The minimum Gasteiger partial charge on any atom is -0.382 e. The predicted octanol–water partition coefficient (Wildman–Crippen LogP) is 4.15. The van der Waals surface area contributed by atoms with Crippen molar-refractivity contribution in [1.29, 1.82) is 0 Å². The quantitative estimate of drug-likeness (QED) is 0.868. The molecule has 3 rings (SSSR count). The Hall–Kier alpha value is -1.43. The molecule has 0 saturated carbocycles. The molecular weight excluding hydrogens is 343 g/mol. The lowest BCUT2D eigenvalue weighted by molar-refractivity contribution is 0.601. The van der Waals surface area contributed by atoms with Crippen LogP contribution in [0.4, 0.5) is 11.4 Å². The topological polar surface area (TPSA) is 58.2 Å². The lowest BCUT2D eigenvalue weighted by Gasteiger charge is -2.11. The molecule has 1 atom stereocenters. The van der Waals surface area contributed by atoms with Crippen molar-refractivity contribution < 1.29 is 8.42 Å². The largest absolute Gasteiger partial charge is 0.382 e. The molecule has 0 bridgehead atoms. The number of sulfonamides is 1. The van der Waals surface area contributed by atoms with Crippen molar-refractivity contribution in [3.63, 3.8) is 0 Å². The monoisotopic (exact) mass is 356 g/mol. The standard InChI is InChI=1S/C15H14Cl2N2O2S/c1-9-7-10-8-11(5-6-13(10)18-9)22(20,21)19-14-4-2-3-12(16)15(14)17/h2-6,8-9,18-19H,7H2,1H3/t9-/m0/s1. The maximum atomic E-state index is 12.5. The second kappa shape index (κ2) is 5.65. The fraction of sp³-hybridized carbons (Fsp3) is 0.200. The highest BCUT2D eigenvalue weighted by Gasteiger charge is 2.22. The van der Waals surface area contributed by atoms with Crippen LogP contribution in [0.2, 0.25) is 10.0 Å². The molecule has 4 nitrogen and oxygen atoms in total. The molecule has 0 amide bonds. The Kier molecular flexibility index (Phi) is 3.97. The summed E-state index contributed by atoms with van der Waals surface area (Å²) in [4.78, 5) is 0.207. The van der Waals surface area contributed by atoms with Gasteiger partial charge in [0, 0.05) is 11.7 Å². The van der Waals surface area contributed by atoms with Gasteiger partial charge in [-0.3, -0.25) is 4.72 Å². The Labute approximate surface area is 139 Å². The summed E-state index contributed by atoms with van der Waals surface area (Å²) in [5.74, 6) is 0. The highest BCUT2D eigenvalue weighted by atomic mass is 35.5. The van der Waals surface area contributed by atoms with Crippen LogP contribution in [0.25, 0.3) is 0 Å². The summed E-state index contributed by atoms with van der Waals surface area (Å²) in [5, 5.41) is 3.77. The number of anilines is 2. The fourth-order valence-electron chi connectivity index (χ4n) is 2.48. The summed E-state index contributed by atoms with van der Waals surface area (Å²) in [7, 11) is -3.71. The number of halogens is 2. The van der Waals surface area contributed by atoms with Gasteiger partial charge in [-0.2, -0.15) is 0 Å². The molecule has 0 spiro atoms. The first kappa shape index (κ1) is 15.5. The predicted molar refractivity (Wildman–Crippen MR) is 90.5 cm³/mol. The van der Waals surface area contributed by atoms with Crippen molar-refractivity contribution in [2.45, 2.75) is 24.3 Å². The second-order valence-electron chi connectivity index (χ2n) is 5.28. The molecule has 0 aromatic heterocycles. The van der Waals surface area contributed by atoms with E-state index in [9.17, 15) is 8.42 Å². The van der Waals surface area contributed by atoms with Crippen molar-refractivity contribution in [2.24, 2.45) is 0 Å². The molecule has 2 N–H and O–H groups in total. The Morgan fingerprint density at radius 2 is 2.00 bits per heavy atom. The average molecular weight is 357 g/mol. The Balaban J connectivity index is 1.94. The van der Waals surface area contributed by atoms with Gasteiger partial charge in [0.05, 0.1) is 20.6 Å². The van der Waals surface area contributed by atoms with Gasteiger partial charge in [0.15, 0.2) is 0 Å². The van der Waals surface area contributed by atoms with Gasteiger partial charge in [-0.05, 0) is 49.2 Å². The van der Waals surface area contributed by atoms with Crippen molar-refractivity contribution in [3.8, 4) is 0 Å². The molecule has 0 saturated heterocycles. The van der Waals surface area contributed by atoms with Crippen molar-refractivity contribution in [3.05, 3.63) is 52.0 Å².